The summed E-state index contributed by atoms with van der Waals surface area (Å²) in [7, 11) is 0. The van der Waals surface area contributed by atoms with Gasteiger partial charge in [-0.05, 0) is 11.5 Å². The van der Waals surface area contributed by atoms with Crippen molar-refractivity contribution in [3.8, 4) is 17.6 Å². The largest absolute Gasteiger partial charge is 0.433 e. The van der Waals surface area contributed by atoms with Gasteiger partial charge in [0.2, 0.25) is 0 Å². The second kappa shape index (κ2) is 6.17. The molecule has 98 valence electrons. The second-order valence-electron chi connectivity index (χ2n) is 3.81. The van der Waals surface area contributed by atoms with Gasteiger partial charge >= 0.3 is 6.61 Å². The third-order valence-electron chi connectivity index (χ3n) is 2.56. The first kappa shape index (κ1) is 13.3. The van der Waals surface area contributed by atoms with Crippen LogP contribution in [0.5, 0.6) is 5.75 Å². The number of ether oxygens (including phenoxy) is 1. The molecule has 0 atom stereocenters. The van der Waals surface area contributed by atoms with Gasteiger partial charge < -0.3 is 9.84 Å². The van der Waals surface area contributed by atoms with E-state index in [0.717, 1.165) is 10.8 Å². The number of alkyl halides is 2. The van der Waals surface area contributed by atoms with Gasteiger partial charge in [0.15, 0.2) is 0 Å². The van der Waals surface area contributed by atoms with Crippen molar-refractivity contribution in [3.05, 3.63) is 42.0 Å². The van der Waals surface area contributed by atoms with E-state index in [0.29, 0.717) is 5.56 Å². The molecule has 1 N–H and O–H groups in total. The van der Waals surface area contributed by atoms with Gasteiger partial charge in [0.1, 0.15) is 5.75 Å². The molecule has 0 heterocycles. The van der Waals surface area contributed by atoms with Crippen LogP contribution in [0.25, 0.3) is 10.8 Å². The first-order valence-corrected chi connectivity index (χ1v) is 5.78. The number of hydrogen-bond donors (Lipinski definition) is 1. The SMILES string of the molecule is OCCC#Cc1c(OC(F)F)ccc2ccccc12. The Hall–Kier alpha value is -2.12. The Balaban J connectivity index is 2.55. The topological polar surface area (TPSA) is 29.5 Å². The second-order valence-corrected chi connectivity index (χ2v) is 3.81. The van der Waals surface area contributed by atoms with Crippen LogP contribution in [0, 0.1) is 11.8 Å². The minimum Gasteiger partial charge on any atom is -0.433 e. The summed E-state index contributed by atoms with van der Waals surface area (Å²) in [6, 6.07) is 10.5. The van der Waals surface area contributed by atoms with E-state index in [1.54, 1.807) is 12.1 Å². The van der Waals surface area contributed by atoms with E-state index < -0.39 is 6.61 Å². The van der Waals surface area contributed by atoms with Gasteiger partial charge in [-0.3, -0.25) is 0 Å². The zero-order valence-corrected chi connectivity index (χ0v) is 10.1. The van der Waals surface area contributed by atoms with Crippen LogP contribution in [0.15, 0.2) is 36.4 Å². The molecule has 0 saturated carbocycles. The highest BCUT2D eigenvalue weighted by molar-refractivity contribution is 5.90. The highest BCUT2D eigenvalue weighted by Crippen LogP contribution is 2.28. The number of benzene rings is 2. The third-order valence-corrected chi connectivity index (χ3v) is 2.56. The predicted octanol–water partition coefficient (Wildman–Crippen LogP) is 3.18. The van der Waals surface area contributed by atoms with Gasteiger partial charge in [-0.2, -0.15) is 8.78 Å². The van der Waals surface area contributed by atoms with Crippen molar-refractivity contribution in [3.63, 3.8) is 0 Å². The molecule has 0 amide bonds. The Morgan fingerprint density at radius 3 is 2.68 bits per heavy atom. The highest BCUT2D eigenvalue weighted by atomic mass is 19.3. The van der Waals surface area contributed by atoms with Crippen LogP contribution in [-0.4, -0.2) is 18.3 Å². The molecule has 0 saturated heterocycles. The number of fused-ring (bicyclic) bond motifs is 1. The minimum atomic E-state index is -2.89. The monoisotopic (exact) mass is 262 g/mol. The molecule has 0 aliphatic carbocycles. The van der Waals surface area contributed by atoms with Crippen LogP contribution in [-0.2, 0) is 0 Å². The Labute approximate surface area is 109 Å². The lowest BCUT2D eigenvalue weighted by atomic mass is 10.0. The van der Waals surface area contributed by atoms with Gasteiger partial charge in [0, 0.05) is 11.8 Å². The molecule has 2 aromatic carbocycles. The van der Waals surface area contributed by atoms with E-state index in [1.165, 1.54) is 6.07 Å². The molecule has 0 bridgehead atoms. The van der Waals surface area contributed by atoms with E-state index in [-0.39, 0.29) is 18.8 Å². The smallest absolute Gasteiger partial charge is 0.387 e. The zero-order chi connectivity index (χ0) is 13.7. The summed E-state index contributed by atoms with van der Waals surface area (Å²) in [5, 5.41) is 10.4. The fourth-order valence-electron chi connectivity index (χ4n) is 1.78. The summed E-state index contributed by atoms with van der Waals surface area (Å²) < 4.78 is 29.2. The van der Waals surface area contributed by atoms with E-state index in [4.69, 9.17) is 5.11 Å². The van der Waals surface area contributed by atoms with Crippen molar-refractivity contribution in [2.24, 2.45) is 0 Å². The van der Waals surface area contributed by atoms with Crippen LogP contribution in [0.3, 0.4) is 0 Å². The number of halogens is 2. The Morgan fingerprint density at radius 1 is 1.16 bits per heavy atom. The molecule has 0 aliphatic heterocycles. The van der Waals surface area contributed by atoms with Gasteiger partial charge in [-0.15, -0.1) is 0 Å². The average Bonchev–Trinajstić information content (AvgIpc) is 2.40. The molecule has 0 spiro atoms. The third kappa shape index (κ3) is 3.21. The molecular weight excluding hydrogens is 250 g/mol. The highest BCUT2D eigenvalue weighted by Gasteiger charge is 2.11. The van der Waals surface area contributed by atoms with Crippen LogP contribution in [0.1, 0.15) is 12.0 Å². The summed E-state index contributed by atoms with van der Waals surface area (Å²) in [4.78, 5) is 0. The molecule has 2 rings (SSSR count). The van der Waals surface area contributed by atoms with Crippen molar-refractivity contribution in [2.45, 2.75) is 13.0 Å². The number of aliphatic hydroxyl groups is 1. The molecule has 2 nitrogen and oxygen atoms in total. The average molecular weight is 262 g/mol. The molecule has 0 radical (unpaired) electrons. The van der Waals surface area contributed by atoms with Crippen LogP contribution in [0.4, 0.5) is 8.78 Å². The standard InChI is InChI=1S/C15H12F2O2/c16-15(17)19-14-9-8-11-5-1-2-6-12(11)13(14)7-3-4-10-18/h1-2,5-6,8-9,15,18H,4,10H2. The summed E-state index contributed by atoms with van der Waals surface area (Å²) in [5.74, 6) is 5.58. The van der Waals surface area contributed by atoms with Crippen molar-refractivity contribution in [2.75, 3.05) is 6.61 Å². The normalized spacial score (nSPS) is 10.3. The molecule has 0 aromatic heterocycles. The Bertz CT molecular complexity index is 627. The number of aliphatic hydroxyl groups excluding tert-OH is 1. The maximum Gasteiger partial charge on any atom is 0.387 e. The van der Waals surface area contributed by atoms with Crippen LogP contribution in [0.2, 0.25) is 0 Å². The van der Waals surface area contributed by atoms with Crippen LogP contribution >= 0.6 is 0 Å². The van der Waals surface area contributed by atoms with E-state index in [1.807, 2.05) is 18.2 Å². The van der Waals surface area contributed by atoms with Gasteiger partial charge in [0.25, 0.3) is 0 Å². The zero-order valence-electron chi connectivity index (χ0n) is 10.1. The lowest BCUT2D eigenvalue weighted by Crippen LogP contribution is -2.03. The van der Waals surface area contributed by atoms with Gasteiger partial charge in [-0.25, -0.2) is 0 Å². The van der Waals surface area contributed by atoms with E-state index >= 15 is 0 Å². The van der Waals surface area contributed by atoms with Gasteiger partial charge in [-0.1, -0.05) is 42.2 Å². The maximum atomic E-state index is 12.4. The molecular formula is C15H12F2O2. The number of hydrogen-bond acceptors (Lipinski definition) is 2. The maximum absolute atomic E-state index is 12.4. The lowest BCUT2D eigenvalue weighted by molar-refractivity contribution is -0.0499. The first-order chi connectivity index (χ1) is 9.22. The molecule has 0 aliphatic rings. The van der Waals surface area contributed by atoms with Crippen molar-refractivity contribution in [1.82, 2.24) is 0 Å². The van der Waals surface area contributed by atoms with Crippen LogP contribution < -0.4 is 4.74 Å². The summed E-state index contributed by atoms with van der Waals surface area (Å²) in [5.41, 5.74) is 0.423. The molecule has 2 aromatic rings. The Kier molecular flexibility index (Phi) is 4.32. The van der Waals surface area contributed by atoms with Crippen molar-refractivity contribution >= 4 is 10.8 Å². The summed E-state index contributed by atoms with van der Waals surface area (Å²) in [6.45, 7) is -2.96. The molecule has 19 heavy (non-hydrogen) atoms. The summed E-state index contributed by atoms with van der Waals surface area (Å²) >= 11 is 0. The lowest BCUT2D eigenvalue weighted by Gasteiger charge is -2.09. The predicted molar refractivity (Wildman–Crippen MR) is 69.2 cm³/mol. The number of rotatable bonds is 3. The quantitative estimate of drug-likeness (QED) is 0.861. The van der Waals surface area contributed by atoms with E-state index in [2.05, 4.69) is 16.6 Å². The van der Waals surface area contributed by atoms with Crippen molar-refractivity contribution < 1.29 is 18.6 Å². The molecule has 4 heteroatoms. The molecule has 0 unspecified atom stereocenters. The van der Waals surface area contributed by atoms with Crippen molar-refractivity contribution in [1.29, 1.82) is 0 Å². The molecule has 0 fully saturated rings. The first-order valence-electron chi connectivity index (χ1n) is 5.78. The van der Waals surface area contributed by atoms with Gasteiger partial charge in [0.05, 0.1) is 12.2 Å². The Morgan fingerprint density at radius 2 is 1.95 bits per heavy atom. The minimum absolute atomic E-state index is 0.0548. The summed E-state index contributed by atoms with van der Waals surface area (Å²) in [6.07, 6.45) is 0.289. The fourth-order valence-corrected chi connectivity index (χ4v) is 1.78. The van der Waals surface area contributed by atoms with E-state index in [9.17, 15) is 8.78 Å². The fraction of sp³-hybridized carbons (Fsp3) is 0.200.